The quantitative estimate of drug-likeness (QED) is 0.514. The number of carbonyl (C=O) groups excluding carboxylic acids is 3. The Balaban J connectivity index is 1.39. The van der Waals surface area contributed by atoms with Gasteiger partial charge in [0.05, 0.1) is 17.2 Å². The molecular formula is C25H27FN4O3. The molecule has 1 fully saturated rings. The maximum Gasteiger partial charge on any atom is 0.253 e. The van der Waals surface area contributed by atoms with Crippen LogP contribution in [0.3, 0.4) is 0 Å². The number of halogens is 1. The highest BCUT2D eigenvalue weighted by atomic mass is 19.1. The van der Waals surface area contributed by atoms with Gasteiger partial charge >= 0.3 is 0 Å². The Hall–Kier alpha value is -3.68. The van der Waals surface area contributed by atoms with Crippen molar-refractivity contribution in [1.82, 2.24) is 15.2 Å². The lowest BCUT2D eigenvalue weighted by atomic mass is 10.1. The monoisotopic (exact) mass is 450 g/mol. The number of likely N-dealkylation sites (tertiary alicyclic amines) is 1. The van der Waals surface area contributed by atoms with E-state index in [2.05, 4.69) is 15.6 Å². The zero-order chi connectivity index (χ0) is 23.5. The number of rotatable bonds is 7. The van der Waals surface area contributed by atoms with Crippen molar-refractivity contribution in [2.24, 2.45) is 5.92 Å². The molecule has 0 radical (unpaired) electrons. The third kappa shape index (κ3) is 5.05. The van der Waals surface area contributed by atoms with E-state index < -0.39 is 5.92 Å². The van der Waals surface area contributed by atoms with Crippen LogP contribution in [-0.4, -0.2) is 46.7 Å². The lowest BCUT2D eigenvalue weighted by Crippen LogP contribution is -2.32. The van der Waals surface area contributed by atoms with Crippen molar-refractivity contribution < 1.29 is 18.8 Å². The van der Waals surface area contributed by atoms with E-state index in [1.54, 1.807) is 35.2 Å². The van der Waals surface area contributed by atoms with Gasteiger partial charge in [-0.1, -0.05) is 12.1 Å². The molecule has 4 rings (SSSR count). The van der Waals surface area contributed by atoms with Crippen molar-refractivity contribution in [2.45, 2.75) is 32.7 Å². The van der Waals surface area contributed by atoms with Crippen LogP contribution in [0.1, 0.15) is 36.2 Å². The lowest BCUT2D eigenvalue weighted by Gasteiger charge is -2.17. The second-order valence-corrected chi connectivity index (χ2v) is 8.66. The molecule has 1 atom stereocenters. The molecule has 2 heterocycles. The highest BCUT2D eigenvalue weighted by Gasteiger charge is 2.34. The number of fused-ring (bicyclic) bond motifs is 1. The van der Waals surface area contributed by atoms with E-state index >= 15 is 0 Å². The second-order valence-electron chi connectivity index (χ2n) is 8.66. The standard InChI is InChI=1S/C25H27FN4O3/c1-15(2)28-25(33)19-5-3-4-6-22(19)29-24(32)17-11-23(31)30(14-17)10-9-16-13-27-21-8-7-18(26)12-20(16)21/h3-8,12-13,15,17,27H,9-11,14H2,1-2H3,(H,28,33)(H,29,32). The van der Waals surface area contributed by atoms with Gasteiger partial charge in [0.15, 0.2) is 0 Å². The third-order valence-corrected chi connectivity index (χ3v) is 5.82. The van der Waals surface area contributed by atoms with Crippen molar-refractivity contribution in [3.05, 3.63) is 65.6 Å². The average Bonchev–Trinajstić information content (AvgIpc) is 3.34. The topological polar surface area (TPSA) is 94.3 Å². The Labute approximate surface area is 191 Å². The van der Waals surface area contributed by atoms with Gasteiger partial charge in [-0.3, -0.25) is 14.4 Å². The predicted octanol–water partition coefficient (Wildman–Crippen LogP) is 3.47. The predicted molar refractivity (Wildman–Crippen MR) is 124 cm³/mol. The minimum atomic E-state index is -0.501. The molecule has 1 aromatic heterocycles. The largest absolute Gasteiger partial charge is 0.361 e. The van der Waals surface area contributed by atoms with Crippen molar-refractivity contribution in [1.29, 1.82) is 0 Å². The van der Waals surface area contributed by atoms with Gasteiger partial charge in [0.25, 0.3) is 5.91 Å². The number of para-hydroxylation sites is 1. The van der Waals surface area contributed by atoms with Crippen molar-refractivity contribution in [3.8, 4) is 0 Å². The van der Waals surface area contributed by atoms with Gasteiger partial charge < -0.3 is 20.5 Å². The summed E-state index contributed by atoms with van der Waals surface area (Å²) in [5, 5.41) is 6.44. The molecule has 1 aliphatic rings. The summed E-state index contributed by atoms with van der Waals surface area (Å²) in [7, 11) is 0. The Morgan fingerprint density at radius 2 is 2.00 bits per heavy atom. The molecular weight excluding hydrogens is 423 g/mol. The maximum absolute atomic E-state index is 13.6. The normalized spacial score (nSPS) is 15.9. The molecule has 3 aromatic rings. The third-order valence-electron chi connectivity index (χ3n) is 5.82. The summed E-state index contributed by atoms with van der Waals surface area (Å²) in [6, 6.07) is 11.4. The van der Waals surface area contributed by atoms with Gasteiger partial charge in [-0.05, 0) is 56.2 Å². The van der Waals surface area contributed by atoms with Crippen LogP contribution in [0.25, 0.3) is 10.9 Å². The van der Waals surface area contributed by atoms with Crippen molar-refractivity contribution in [3.63, 3.8) is 0 Å². The van der Waals surface area contributed by atoms with E-state index in [-0.39, 0.29) is 36.0 Å². The fourth-order valence-electron chi connectivity index (χ4n) is 4.14. The summed E-state index contributed by atoms with van der Waals surface area (Å²) in [5.74, 6) is -1.45. The zero-order valence-electron chi connectivity index (χ0n) is 18.7. The van der Waals surface area contributed by atoms with Crippen LogP contribution in [0, 0.1) is 11.7 Å². The number of aromatic amines is 1. The van der Waals surface area contributed by atoms with Gasteiger partial charge in [0.1, 0.15) is 5.82 Å². The molecule has 8 heteroatoms. The molecule has 1 aliphatic heterocycles. The van der Waals surface area contributed by atoms with E-state index in [1.165, 1.54) is 12.1 Å². The lowest BCUT2D eigenvalue weighted by molar-refractivity contribution is -0.128. The summed E-state index contributed by atoms with van der Waals surface area (Å²) in [4.78, 5) is 42.6. The Bertz CT molecular complexity index is 1200. The average molecular weight is 451 g/mol. The van der Waals surface area contributed by atoms with Gasteiger partial charge in [0.2, 0.25) is 11.8 Å². The van der Waals surface area contributed by atoms with Crippen LogP contribution in [0.2, 0.25) is 0 Å². The number of carbonyl (C=O) groups is 3. The maximum atomic E-state index is 13.6. The van der Waals surface area contributed by atoms with Crippen LogP contribution in [0.15, 0.2) is 48.7 Å². The number of nitrogens with zero attached hydrogens (tertiary/aromatic N) is 1. The minimum absolute atomic E-state index is 0.0316. The van der Waals surface area contributed by atoms with Crippen molar-refractivity contribution in [2.75, 3.05) is 18.4 Å². The molecule has 0 aliphatic carbocycles. The zero-order valence-corrected chi connectivity index (χ0v) is 18.7. The second kappa shape index (κ2) is 9.44. The van der Waals surface area contributed by atoms with E-state index in [9.17, 15) is 18.8 Å². The number of benzene rings is 2. The SMILES string of the molecule is CC(C)NC(=O)c1ccccc1NC(=O)C1CC(=O)N(CCc2c[nH]c3ccc(F)cc23)C1. The van der Waals surface area contributed by atoms with Crippen LogP contribution in [-0.2, 0) is 16.0 Å². The number of aromatic nitrogens is 1. The summed E-state index contributed by atoms with van der Waals surface area (Å²) < 4.78 is 13.6. The Kier molecular flexibility index (Phi) is 6.44. The van der Waals surface area contributed by atoms with E-state index in [4.69, 9.17) is 0 Å². The van der Waals surface area contributed by atoms with E-state index in [1.807, 2.05) is 20.0 Å². The number of hydrogen-bond acceptors (Lipinski definition) is 3. The van der Waals surface area contributed by atoms with Crippen LogP contribution < -0.4 is 10.6 Å². The van der Waals surface area contributed by atoms with Gasteiger partial charge in [0, 0.05) is 42.7 Å². The first-order valence-electron chi connectivity index (χ1n) is 11.1. The van der Waals surface area contributed by atoms with Crippen LogP contribution >= 0.6 is 0 Å². The highest BCUT2D eigenvalue weighted by Crippen LogP contribution is 2.24. The summed E-state index contributed by atoms with van der Waals surface area (Å²) in [6.07, 6.45) is 2.50. The molecule has 1 unspecified atom stereocenters. The summed E-state index contributed by atoms with van der Waals surface area (Å²) in [6.45, 7) is 4.48. The fraction of sp³-hybridized carbons (Fsp3) is 0.320. The number of hydrogen-bond donors (Lipinski definition) is 3. The highest BCUT2D eigenvalue weighted by molar-refractivity contribution is 6.05. The van der Waals surface area contributed by atoms with Crippen molar-refractivity contribution >= 4 is 34.3 Å². The van der Waals surface area contributed by atoms with E-state index in [0.717, 1.165) is 16.5 Å². The van der Waals surface area contributed by atoms with E-state index in [0.29, 0.717) is 30.8 Å². The first kappa shape index (κ1) is 22.5. The van der Waals surface area contributed by atoms with Gasteiger partial charge in [-0.2, -0.15) is 0 Å². The number of amides is 3. The molecule has 7 nitrogen and oxygen atoms in total. The molecule has 0 saturated carbocycles. The molecule has 2 aromatic carbocycles. The number of nitrogens with one attached hydrogen (secondary N) is 3. The molecule has 1 saturated heterocycles. The van der Waals surface area contributed by atoms with Gasteiger partial charge in [-0.15, -0.1) is 0 Å². The van der Waals surface area contributed by atoms with Gasteiger partial charge in [-0.25, -0.2) is 4.39 Å². The summed E-state index contributed by atoms with van der Waals surface area (Å²) >= 11 is 0. The molecule has 0 spiro atoms. The number of anilines is 1. The smallest absolute Gasteiger partial charge is 0.253 e. The molecule has 0 bridgehead atoms. The van der Waals surface area contributed by atoms with Crippen LogP contribution in [0.4, 0.5) is 10.1 Å². The molecule has 3 N–H and O–H groups in total. The first-order chi connectivity index (χ1) is 15.8. The summed E-state index contributed by atoms with van der Waals surface area (Å²) in [5.41, 5.74) is 2.58. The molecule has 3 amide bonds. The minimum Gasteiger partial charge on any atom is -0.361 e. The molecule has 172 valence electrons. The first-order valence-corrected chi connectivity index (χ1v) is 11.1. The Morgan fingerprint density at radius 3 is 2.79 bits per heavy atom. The Morgan fingerprint density at radius 1 is 1.21 bits per heavy atom. The fourth-order valence-corrected chi connectivity index (χ4v) is 4.14. The molecule has 33 heavy (non-hydrogen) atoms. The number of H-pyrrole nitrogens is 1. The van der Waals surface area contributed by atoms with Crippen LogP contribution in [0.5, 0.6) is 0 Å².